The minimum absolute atomic E-state index is 0.0788. The van der Waals surface area contributed by atoms with Crippen LogP contribution in [0, 0.1) is 0 Å². The molecule has 102 valence electrons. The van der Waals surface area contributed by atoms with Crippen LogP contribution in [0.5, 0.6) is 5.75 Å². The Balaban J connectivity index is 2.37. The van der Waals surface area contributed by atoms with Crippen LogP contribution >= 0.6 is 11.3 Å². The van der Waals surface area contributed by atoms with Crippen molar-refractivity contribution in [3.05, 3.63) is 46.8 Å². The molecular formula is C13H15NO3S2. The van der Waals surface area contributed by atoms with Crippen LogP contribution in [0.2, 0.25) is 0 Å². The van der Waals surface area contributed by atoms with Crippen molar-refractivity contribution in [2.45, 2.75) is 16.5 Å². The van der Waals surface area contributed by atoms with Gasteiger partial charge in [-0.25, -0.2) is 8.42 Å². The van der Waals surface area contributed by atoms with E-state index < -0.39 is 9.84 Å². The average molecular weight is 297 g/mol. The van der Waals surface area contributed by atoms with Gasteiger partial charge in [0, 0.05) is 12.1 Å². The second-order valence-corrected chi connectivity index (χ2v) is 7.21. The smallest absolute Gasteiger partial charge is 0.192 e. The van der Waals surface area contributed by atoms with Crippen LogP contribution in [-0.2, 0) is 22.1 Å². The van der Waals surface area contributed by atoms with E-state index in [9.17, 15) is 8.42 Å². The van der Waals surface area contributed by atoms with Crippen LogP contribution < -0.4 is 10.5 Å². The van der Waals surface area contributed by atoms with Gasteiger partial charge in [-0.1, -0.05) is 12.1 Å². The molecular weight excluding hydrogens is 282 g/mol. The summed E-state index contributed by atoms with van der Waals surface area (Å²) in [5.74, 6) is 0.488. The summed E-state index contributed by atoms with van der Waals surface area (Å²) in [4.78, 5) is 0. The Kier molecular flexibility index (Phi) is 4.24. The molecule has 0 saturated carbocycles. The summed E-state index contributed by atoms with van der Waals surface area (Å²) in [5.41, 5.74) is 7.10. The quantitative estimate of drug-likeness (QED) is 0.918. The van der Waals surface area contributed by atoms with E-state index in [2.05, 4.69) is 0 Å². The van der Waals surface area contributed by atoms with Crippen molar-refractivity contribution in [1.29, 1.82) is 0 Å². The molecule has 0 aliphatic heterocycles. The summed E-state index contributed by atoms with van der Waals surface area (Å²) in [6.07, 6.45) is 0. The third-order valence-corrected chi connectivity index (χ3v) is 5.88. The molecule has 1 aromatic heterocycles. The minimum Gasteiger partial charge on any atom is -0.496 e. The van der Waals surface area contributed by atoms with Crippen molar-refractivity contribution in [3.8, 4) is 5.75 Å². The Bertz CT molecular complexity index is 649. The molecule has 0 aliphatic rings. The standard InChI is InChI=1S/C13H15NO3S2/c1-17-12-5-4-10(8-14)7-11(12)9-19(15,16)13-3-2-6-18-13/h2-7H,8-9,14H2,1H3. The molecule has 0 spiro atoms. The lowest BCUT2D eigenvalue weighted by Crippen LogP contribution is -2.06. The Morgan fingerprint density at radius 2 is 2.11 bits per heavy atom. The van der Waals surface area contributed by atoms with E-state index in [1.165, 1.54) is 18.4 Å². The maximum absolute atomic E-state index is 12.3. The maximum Gasteiger partial charge on any atom is 0.192 e. The molecule has 2 rings (SSSR count). The van der Waals surface area contributed by atoms with Crippen molar-refractivity contribution in [3.63, 3.8) is 0 Å². The fourth-order valence-corrected chi connectivity index (χ4v) is 4.23. The van der Waals surface area contributed by atoms with E-state index in [0.717, 1.165) is 5.56 Å². The van der Waals surface area contributed by atoms with Crippen molar-refractivity contribution >= 4 is 21.2 Å². The molecule has 0 fully saturated rings. The second-order valence-electron chi connectivity index (χ2n) is 4.04. The fraction of sp³-hybridized carbons (Fsp3) is 0.231. The molecule has 0 aliphatic carbocycles. The van der Waals surface area contributed by atoms with Gasteiger partial charge in [-0.3, -0.25) is 0 Å². The SMILES string of the molecule is COc1ccc(CN)cc1CS(=O)(=O)c1cccs1. The number of hydrogen-bond acceptors (Lipinski definition) is 5. The van der Waals surface area contributed by atoms with Gasteiger partial charge in [0.2, 0.25) is 0 Å². The highest BCUT2D eigenvalue weighted by Crippen LogP contribution is 2.27. The Morgan fingerprint density at radius 3 is 2.68 bits per heavy atom. The van der Waals surface area contributed by atoms with Gasteiger partial charge in [0.15, 0.2) is 9.84 Å². The van der Waals surface area contributed by atoms with E-state index in [1.54, 1.807) is 29.6 Å². The number of nitrogens with two attached hydrogens (primary N) is 1. The third-order valence-electron chi connectivity index (χ3n) is 2.73. The lowest BCUT2D eigenvalue weighted by Gasteiger charge is -2.10. The maximum atomic E-state index is 12.3. The lowest BCUT2D eigenvalue weighted by molar-refractivity contribution is 0.411. The summed E-state index contributed by atoms with van der Waals surface area (Å²) in [6.45, 7) is 0.371. The molecule has 0 unspecified atom stereocenters. The normalized spacial score (nSPS) is 11.5. The molecule has 2 aromatic rings. The number of sulfone groups is 1. The third kappa shape index (κ3) is 3.15. The highest BCUT2D eigenvalue weighted by atomic mass is 32.2. The fourth-order valence-electron chi connectivity index (χ4n) is 1.79. The molecule has 1 aromatic carbocycles. The summed E-state index contributed by atoms with van der Waals surface area (Å²) >= 11 is 1.22. The number of rotatable bonds is 5. The van der Waals surface area contributed by atoms with Crippen molar-refractivity contribution in [1.82, 2.24) is 0 Å². The first-order valence-corrected chi connectivity index (χ1v) is 8.22. The highest BCUT2D eigenvalue weighted by Gasteiger charge is 2.19. The van der Waals surface area contributed by atoms with Crippen LogP contribution in [0.3, 0.4) is 0 Å². The first-order valence-electron chi connectivity index (χ1n) is 5.69. The zero-order chi connectivity index (χ0) is 13.9. The van der Waals surface area contributed by atoms with Crippen LogP contribution in [0.15, 0.2) is 39.9 Å². The zero-order valence-electron chi connectivity index (χ0n) is 10.5. The van der Waals surface area contributed by atoms with Gasteiger partial charge >= 0.3 is 0 Å². The molecule has 19 heavy (non-hydrogen) atoms. The molecule has 0 radical (unpaired) electrons. The minimum atomic E-state index is -3.33. The largest absolute Gasteiger partial charge is 0.496 e. The average Bonchev–Trinajstić information content (AvgIpc) is 2.93. The summed E-state index contributed by atoms with van der Waals surface area (Å²) in [7, 11) is -1.80. The summed E-state index contributed by atoms with van der Waals surface area (Å²) in [6, 6.07) is 8.70. The summed E-state index contributed by atoms with van der Waals surface area (Å²) < 4.78 is 30.1. The topological polar surface area (TPSA) is 69.4 Å². The molecule has 2 N–H and O–H groups in total. The Labute approximate surface area is 116 Å². The molecule has 0 atom stereocenters. The van der Waals surface area contributed by atoms with Gasteiger partial charge in [-0.15, -0.1) is 11.3 Å². The molecule has 6 heteroatoms. The number of hydrogen-bond donors (Lipinski definition) is 1. The van der Waals surface area contributed by atoms with Crippen LogP contribution in [-0.4, -0.2) is 15.5 Å². The van der Waals surface area contributed by atoms with Gasteiger partial charge in [0.25, 0.3) is 0 Å². The van der Waals surface area contributed by atoms with E-state index in [1.807, 2.05) is 6.07 Å². The molecule has 0 saturated heterocycles. The van der Waals surface area contributed by atoms with E-state index in [4.69, 9.17) is 10.5 Å². The predicted molar refractivity (Wildman–Crippen MR) is 76.1 cm³/mol. The first-order chi connectivity index (χ1) is 9.06. The van der Waals surface area contributed by atoms with Gasteiger partial charge in [0.1, 0.15) is 9.96 Å². The Hall–Kier alpha value is -1.37. The van der Waals surface area contributed by atoms with Crippen molar-refractivity contribution < 1.29 is 13.2 Å². The van der Waals surface area contributed by atoms with Crippen LogP contribution in [0.4, 0.5) is 0 Å². The highest BCUT2D eigenvalue weighted by molar-refractivity contribution is 7.92. The van der Waals surface area contributed by atoms with E-state index >= 15 is 0 Å². The van der Waals surface area contributed by atoms with E-state index in [0.29, 0.717) is 22.1 Å². The number of methoxy groups -OCH3 is 1. The summed E-state index contributed by atoms with van der Waals surface area (Å²) in [5, 5.41) is 1.75. The second kappa shape index (κ2) is 5.73. The lowest BCUT2D eigenvalue weighted by atomic mass is 10.1. The number of ether oxygens (including phenoxy) is 1. The number of thiophene rings is 1. The van der Waals surface area contributed by atoms with Crippen molar-refractivity contribution in [2.75, 3.05) is 7.11 Å². The van der Waals surface area contributed by atoms with Gasteiger partial charge in [-0.05, 0) is 29.1 Å². The van der Waals surface area contributed by atoms with Crippen LogP contribution in [0.25, 0.3) is 0 Å². The first kappa shape index (κ1) is 14.0. The van der Waals surface area contributed by atoms with Gasteiger partial charge in [0.05, 0.1) is 12.9 Å². The van der Waals surface area contributed by atoms with E-state index in [-0.39, 0.29) is 5.75 Å². The molecule has 1 heterocycles. The Morgan fingerprint density at radius 1 is 1.32 bits per heavy atom. The van der Waals surface area contributed by atoms with Gasteiger partial charge in [-0.2, -0.15) is 0 Å². The molecule has 4 nitrogen and oxygen atoms in total. The van der Waals surface area contributed by atoms with Crippen molar-refractivity contribution in [2.24, 2.45) is 5.73 Å². The monoisotopic (exact) mass is 297 g/mol. The van der Waals surface area contributed by atoms with Gasteiger partial charge < -0.3 is 10.5 Å². The predicted octanol–water partition coefficient (Wildman–Crippen LogP) is 2.19. The van der Waals surface area contributed by atoms with Crippen LogP contribution in [0.1, 0.15) is 11.1 Å². The zero-order valence-corrected chi connectivity index (χ0v) is 12.1. The number of benzene rings is 1. The molecule has 0 bridgehead atoms. The molecule has 0 amide bonds.